The maximum absolute atomic E-state index is 5.91. The first kappa shape index (κ1) is 13.7. The molecule has 0 N–H and O–H groups in total. The van der Waals surface area contributed by atoms with Gasteiger partial charge in [0, 0.05) is 17.4 Å². The third kappa shape index (κ3) is 3.09. The lowest BCUT2D eigenvalue weighted by Crippen LogP contribution is -2.01. The number of ether oxygens (including phenoxy) is 1. The van der Waals surface area contributed by atoms with Gasteiger partial charge in [-0.15, -0.1) is 0 Å². The number of rotatable bonds is 4. The van der Waals surface area contributed by atoms with Crippen molar-refractivity contribution >= 4 is 11.6 Å². The number of imidazole rings is 1. The van der Waals surface area contributed by atoms with Crippen molar-refractivity contribution in [1.29, 1.82) is 0 Å². The Morgan fingerprint density at radius 2 is 1.62 bits per heavy atom. The van der Waals surface area contributed by atoms with Gasteiger partial charge in [-0.1, -0.05) is 48.0 Å². The van der Waals surface area contributed by atoms with Crippen LogP contribution in [0.1, 0.15) is 5.56 Å². The van der Waals surface area contributed by atoms with E-state index in [0.717, 1.165) is 17.1 Å². The van der Waals surface area contributed by atoms with Crippen molar-refractivity contribution in [3.05, 3.63) is 71.5 Å². The van der Waals surface area contributed by atoms with E-state index in [1.807, 2.05) is 35.0 Å². The van der Waals surface area contributed by atoms with E-state index in [2.05, 4.69) is 29.2 Å². The Hall–Kier alpha value is -2.26. The molecule has 0 fully saturated rings. The Bertz CT molecular complexity index is 717. The zero-order valence-corrected chi connectivity index (χ0v) is 12.4. The molecule has 0 bridgehead atoms. The van der Waals surface area contributed by atoms with Crippen molar-refractivity contribution in [2.75, 3.05) is 7.11 Å². The second-order valence-corrected chi connectivity index (χ2v) is 5.18. The molecular weight excluding hydrogens is 284 g/mol. The second-order valence-electron chi connectivity index (χ2n) is 4.75. The van der Waals surface area contributed by atoms with E-state index >= 15 is 0 Å². The van der Waals surface area contributed by atoms with E-state index < -0.39 is 0 Å². The fourth-order valence-corrected chi connectivity index (χ4v) is 2.37. The van der Waals surface area contributed by atoms with Crippen molar-refractivity contribution in [3.8, 4) is 17.1 Å². The van der Waals surface area contributed by atoms with E-state index in [9.17, 15) is 0 Å². The van der Waals surface area contributed by atoms with E-state index in [1.165, 1.54) is 11.1 Å². The minimum atomic E-state index is 0.622. The topological polar surface area (TPSA) is 27.1 Å². The third-order valence-corrected chi connectivity index (χ3v) is 3.60. The predicted molar refractivity (Wildman–Crippen MR) is 84.8 cm³/mol. The normalized spacial score (nSPS) is 10.6. The molecule has 1 heterocycles. The van der Waals surface area contributed by atoms with Crippen molar-refractivity contribution in [3.63, 3.8) is 0 Å². The molecule has 0 aliphatic carbocycles. The van der Waals surface area contributed by atoms with E-state index in [0.29, 0.717) is 6.01 Å². The highest BCUT2D eigenvalue weighted by atomic mass is 35.5. The highest BCUT2D eigenvalue weighted by molar-refractivity contribution is 6.30. The first-order chi connectivity index (χ1) is 10.3. The summed E-state index contributed by atoms with van der Waals surface area (Å²) in [6.07, 6.45) is 3.65. The molecule has 3 aromatic rings. The molecule has 21 heavy (non-hydrogen) atoms. The van der Waals surface area contributed by atoms with E-state index in [4.69, 9.17) is 16.3 Å². The van der Waals surface area contributed by atoms with Crippen LogP contribution in [-0.2, 0) is 6.54 Å². The number of benzene rings is 2. The average Bonchev–Trinajstić information content (AvgIpc) is 2.96. The first-order valence-corrected chi connectivity index (χ1v) is 7.04. The van der Waals surface area contributed by atoms with Crippen LogP contribution in [0.2, 0.25) is 5.02 Å². The summed E-state index contributed by atoms with van der Waals surface area (Å²) in [5, 5.41) is 0.752. The van der Waals surface area contributed by atoms with Gasteiger partial charge >= 0.3 is 0 Å². The fourth-order valence-electron chi connectivity index (χ4n) is 2.25. The molecule has 2 aromatic carbocycles. The van der Waals surface area contributed by atoms with Crippen LogP contribution in [0.25, 0.3) is 11.1 Å². The minimum absolute atomic E-state index is 0.622. The number of halogens is 1. The zero-order chi connectivity index (χ0) is 14.7. The van der Waals surface area contributed by atoms with Gasteiger partial charge in [0.15, 0.2) is 0 Å². The molecule has 3 rings (SSSR count). The number of methoxy groups -OCH3 is 1. The van der Waals surface area contributed by atoms with Gasteiger partial charge in [0.05, 0.1) is 13.7 Å². The van der Waals surface area contributed by atoms with Crippen LogP contribution in [0.4, 0.5) is 0 Å². The van der Waals surface area contributed by atoms with Crippen LogP contribution >= 0.6 is 11.6 Å². The lowest BCUT2D eigenvalue weighted by atomic mass is 10.0. The van der Waals surface area contributed by atoms with Gasteiger partial charge in [0.2, 0.25) is 0 Å². The molecule has 0 aliphatic heterocycles. The van der Waals surface area contributed by atoms with Crippen LogP contribution in [0, 0.1) is 0 Å². The highest BCUT2D eigenvalue weighted by Crippen LogP contribution is 2.22. The number of nitrogens with zero attached hydrogens (tertiary/aromatic N) is 2. The van der Waals surface area contributed by atoms with Gasteiger partial charge in [0.1, 0.15) is 0 Å². The predicted octanol–water partition coefficient (Wildman–Crippen LogP) is 4.26. The molecule has 0 saturated heterocycles. The summed E-state index contributed by atoms with van der Waals surface area (Å²) in [4.78, 5) is 4.13. The average molecular weight is 299 g/mol. The zero-order valence-electron chi connectivity index (χ0n) is 11.7. The summed E-state index contributed by atoms with van der Waals surface area (Å²) in [5.41, 5.74) is 3.53. The lowest BCUT2D eigenvalue weighted by molar-refractivity contribution is 0.361. The second kappa shape index (κ2) is 6.02. The van der Waals surface area contributed by atoms with Crippen LogP contribution in [0.5, 0.6) is 6.01 Å². The summed E-state index contributed by atoms with van der Waals surface area (Å²) in [7, 11) is 1.63. The summed E-state index contributed by atoms with van der Waals surface area (Å²) in [5.74, 6) is 0. The van der Waals surface area contributed by atoms with Crippen LogP contribution in [-0.4, -0.2) is 16.7 Å². The molecule has 0 radical (unpaired) electrons. The molecule has 0 aliphatic rings. The smallest absolute Gasteiger partial charge is 0.296 e. The quantitative estimate of drug-likeness (QED) is 0.719. The Morgan fingerprint density at radius 1 is 1.00 bits per heavy atom. The number of aromatic nitrogens is 2. The largest absolute Gasteiger partial charge is 0.468 e. The maximum Gasteiger partial charge on any atom is 0.296 e. The summed E-state index contributed by atoms with van der Waals surface area (Å²) in [6, 6.07) is 16.9. The van der Waals surface area contributed by atoms with Crippen molar-refractivity contribution in [2.24, 2.45) is 0 Å². The van der Waals surface area contributed by atoms with E-state index in [-0.39, 0.29) is 0 Å². The minimum Gasteiger partial charge on any atom is -0.468 e. The Balaban J connectivity index is 1.79. The van der Waals surface area contributed by atoms with Gasteiger partial charge in [0.25, 0.3) is 6.01 Å². The Morgan fingerprint density at radius 3 is 2.24 bits per heavy atom. The highest BCUT2D eigenvalue weighted by Gasteiger charge is 2.03. The van der Waals surface area contributed by atoms with Crippen LogP contribution in [0.15, 0.2) is 60.9 Å². The summed E-state index contributed by atoms with van der Waals surface area (Å²) < 4.78 is 7.17. The first-order valence-electron chi connectivity index (χ1n) is 6.66. The van der Waals surface area contributed by atoms with Crippen LogP contribution < -0.4 is 4.74 Å². The fraction of sp³-hybridized carbons (Fsp3) is 0.118. The maximum atomic E-state index is 5.91. The Labute approximate surface area is 128 Å². The van der Waals surface area contributed by atoms with Gasteiger partial charge in [-0.25, -0.2) is 4.98 Å². The van der Waals surface area contributed by atoms with Crippen LogP contribution in [0.3, 0.4) is 0 Å². The van der Waals surface area contributed by atoms with Gasteiger partial charge in [-0.05, 0) is 28.8 Å². The van der Waals surface area contributed by atoms with Gasteiger partial charge < -0.3 is 4.74 Å². The molecule has 0 spiro atoms. The molecular formula is C17H15ClN2O. The van der Waals surface area contributed by atoms with Gasteiger partial charge in [-0.2, -0.15) is 0 Å². The SMILES string of the molecule is COc1nccn1Cc1ccc(-c2ccc(Cl)cc2)cc1. The third-order valence-electron chi connectivity index (χ3n) is 3.34. The molecule has 0 unspecified atom stereocenters. The van der Waals surface area contributed by atoms with Crippen molar-refractivity contribution in [1.82, 2.24) is 9.55 Å². The van der Waals surface area contributed by atoms with Crippen molar-refractivity contribution < 1.29 is 4.74 Å². The molecule has 106 valence electrons. The monoisotopic (exact) mass is 298 g/mol. The Kier molecular flexibility index (Phi) is 3.93. The number of hydrogen-bond acceptors (Lipinski definition) is 2. The molecule has 0 saturated carbocycles. The van der Waals surface area contributed by atoms with Crippen molar-refractivity contribution in [2.45, 2.75) is 6.54 Å². The molecule has 0 amide bonds. The molecule has 1 aromatic heterocycles. The molecule has 3 nitrogen and oxygen atoms in total. The molecule has 0 atom stereocenters. The number of hydrogen-bond donors (Lipinski definition) is 0. The summed E-state index contributed by atoms with van der Waals surface area (Å²) in [6.45, 7) is 0.740. The van der Waals surface area contributed by atoms with E-state index in [1.54, 1.807) is 13.3 Å². The van der Waals surface area contributed by atoms with Gasteiger partial charge in [-0.3, -0.25) is 4.57 Å². The lowest BCUT2D eigenvalue weighted by Gasteiger charge is -2.08. The molecule has 4 heteroatoms. The standard InChI is InChI=1S/C17H15ClN2O/c1-21-17-19-10-11-20(17)12-13-2-4-14(5-3-13)15-6-8-16(18)9-7-15/h2-11H,12H2,1H3. The summed E-state index contributed by atoms with van der Waals surface area (Å²) >= 11 is 5.91.